The number of rotatable bonds is 16. The van der Waals surface area contributed by atoms with Gasteiger partial charge in [0.25, 0.3) is 0 Å². The number of terminal acetylenes is 1. The monoisotopic (exact) mass is 542 g/mol. The second-order valence-electron chi connectivity index (χ2n) is 9.14. The van der Waals surface area contributed by atoms with E-state index in [1.807, 2.05) is 0 Å². The molecule has 0 aliphatic rings. The summed E-state index contributed by atoms with van der Waals surface area (Å²) < 4.78 is 4.93. The molecule has 0 spiro atoms. The Morgan fingerprint density at radius 2 is 1.67 bits per heavy atom. The zero-order valence-corrected chi connectivity index (χ0v) is 22.6. The molecule has 5 N–H and O–H groups in total. The van der Waals surface area contributed by atoms with Crippen molar-refractivity contribution in [1.82, 2.24) is 16.0 Å². The summed E-state index contributed by atoms with van der Waals surface area (Å²) >= 11 is 0. The number of hydrogen-bond donors (Lipinski definition) is 5. The van der Waals surface area contributed by atoms with Crippen LogP contribution in [0.3, 0.4) is 0 Å². The lowest BCUT2D eigenvalue weighted by molar-refractivity contribution is -0.143. The van der Waals surface area contributed by atoms with E-state index in [4.69, 9.17) is 16.3 Å². The van der Waals surface area contributed by atoms with Gasteiger partial charge in [-0.25, -0.2) is 0 Å². The fourth-order valence-corrected chi connectivity index (χ4v) is 3.31. The Labute approximate surface area is 229 Å². The van der Waals surface area contributed by atoms with Crippen LogP contribution in [0.25, 0.3) is 0 Å². The number of carbonyl (C=O) groups is 5. The zero-order chi connectivity index (χ0) is 29.4. The van der Waals surface area contributed by atoms with Gasteiger partial charge < -0.3 is 31.1 Å². The fraction of sp³-hybridized carbons (Fsp3) is 0.464. The highest BCUT2D eigenvalue weighted by Gasteiger charge is 2.30. The summed E-state index contributed by atoms with van der Waals surface area (Å²) in [7, 11) is 0. The molecule has 3 atom stereocenters. The molecule has 0 saturated heterocycles. The maximum atomic E-state index is 13.1. The molecule has 39 heavy (non-hydrogen) atoms. The number of hydrogen-bond acceptors (Lipinski definition) is 7. The predicted octanol–water partition coefficient (Wildman–Crippen LogP) is 1.17. The number of nitrogens with one attached hydrogen (secondary N) is 4. The van der Waals surface area contributed by atoms with Crippen molar-refractivity contribution in [1.29, 1.82) is 0 Å². The van der Waals surface area contributed by atoms with Crippen molar-refractivity contribution >= 4 is 35.3 Å². The summed E-state index contributed by atoms with van der Waals surface area (Å²) in [6, 6.07) is 3.47. The maximum Gasteiger partial charge on any atom is 0.306 e. The number of anilines is 1. The predicted molar refractivity (Wildman–Crippen MR) is 146 cm³/mol. The lowest BCUT2D eigenvalue weighted by Crippen LogP contribution is -2.57. The van der Waals surface area contributed by atoms with Gasteiger partial charge in [0.2, 0.25) is 23.6 Å². The second-order valence-corrected chi connectivity index (χ2v) is 9.14. The number of amides is 4. The normalized spacial score (nSPS) is 12.7. The van der Waals surface area contributed by atoms with Crippen LogP contribution in [0.1, 0.15) is 52.0 Å². The number of aliphatic hydroxyl groups excluding tert-OH is 1. The van der Waals surface area contributed by atoms with E-state index in [2.05, 4.69) is 33.8 Å². The van der Waals surface area contributed by atoms with E-state index in [1.165, 1.54) is 13.0 Å². The fourth-order valence-electron chi connectivity index (χ4n) is 3.31. The lowest BCUT2D eigenvalue weighted by Gasteiger charge is -2.26. The molecule has 0 radical (unpaired) electrons. The van der Waals surface area contributed by atoms with Crippen molar-refractivity contribution < 1.29 is 33.8 Å². The molecule has 0 saturated carbocycles. The number of carbonyl (C=O) groups excluding carboxylic acids is 5. The van der Waals surface area contributed by atoms with Crippen molar-refractivity contribution in [2.75, 3.05) is 11.9 Å². The Morgan fingerprint density at radius 3 is 2.23 bits per heavy atom. The second kappa shape index (κ2) is 17.4. The first kappa shape index (κ1) is 32.9. The van der Waals surface area contributed by atoms with Crippen LogP contribution in [0.2, 0.25) is 0 Å². The third kappa shape index (κ3) is 12.3. The number of ether oxygens (including phenoxy) is 1. The Hall–Kier alpha value is -4.17. The smallest absolute Gasteiger partial charge is 0.306 e. The van der Waals surface area contributed by atoms with Gasteiger partial charge in [-0.15, -0.1) is 12.3 Å². The first-order chi connectivity index (χ1) is 18.5. The Bertz CT molecular complexity index is 1050. The Kier molecular flexibility index (Phi) is 14.6. The molecular weight excluding hydrogens is 504 g/mol. The third-order valence-corrected chi connectivity index (χ3v) is 5.55. The van der Waals surface area contributed by atoms with Gasteiger partial charge in [0, 0.05) is 24.9 Å². The summed E-state index contributed by atoms with van der Waals surface area (Å²) in [6.07, 6.45) is 6.55. The van der Waals surface area contributed by atoms with Crippen LogP contribution in [-0.2, 0) is 35.3 Å². The number of aliphatic hydroxyl groups is 1. The van der Waals surface area contributed by atoms with Gasteiger partial charge in [-0.2, -0.15) is 0 Å². The van der Waals surface area contributed by atoms with Crippen LogP contribution in [0.15, 0.2) is 36.9 Å². The van der Waals surface area contributed by atoms with Crippen molar-refractivity contribution in [3.8, 4) is 12.3 Å². The molecule has 11 heteroatoms. The maximum absolute atomic E-state index is 13.1. The zero-order valence-electron chi connectivity index (χ0n) is 22.6. The summed E-state index contributed by atoms with van der Waals surface area (Å²) in [5.41, 5.74) is 1.17. The summed E-state index contributed by atoms with van der Waals surface area (Å²) in [4.78, 5) is 62.9. The molecule has 0 bridgehead atoms. The molecule has 0 aliphatic heterocycles. The first-order valence-electron chi connectivity index (χ1n) is 12.6. The standard InChI is InChI=1S/C28H38N4O7/c1-6-8-9-23(34)31-22(14-15-24(35)39-16-7-2)27(37)32-25(18(3)4)28(38)29-19(5)26(36)30-21-12-10-20(17-33)11-13-21/h1,7,10-13,18-19,22,25,33H,2,8-9,14-17H2,3-5H3,(H,29,38)(H,30,36)(H,31,34)(H,32,37)/t19-,22-,25?/m0/s1. The molecule has 212 valence electrons. The van der Waals surface area contributed by atoms with E-state index in [-0.39, 0.29) is 44.8 Å². The van der Waals surface area contributed by atoms with Crippen molar-refractivity contribution in [3.05, 3.63) is 42.5 Å². The van der Waals surface area contributed by atoms with Crippen LogP contribution in [0.4, 0.5) is 5.69 Å². The van der Waals surface area contributed by atoms with Gasteiger partial charge in [-0.05, 0) is 37.0 Å². The van der Waals surface area contributed by atoms with Gasteiger partial charge in [0.15, 0.2) is 0 Å². The molecule has 1 aromatic carbocycles. The highest BCUT2D eigenvalue weighted by atomic mass is 16.5. The topological polar surface area (TPSA) is 163 Å². The number of esters is 1. The van der Waals surface area contributed by atoms with Crippen LogP contribution < -0.4 is 21.3 Å². The summed E-state index contributed by atoms with van der Waals surface area (Å²) in [5.74, 6) is -0.827. The van der Waals surface area contributed by atoms with E-state index in [1.54, 1.807) is 38.1 Å². The van der Waals surface area contributed by atoms with Crippen LogP contribution in [0.5, 0.6) is 0 Å². The van der Waals surface area contributed by atoms with Gasteiger partial charge in [-0.3, -0.25) is 24.0 Å². The largest absolute Gasteiger partial charge is 0.461 e. The van der Waals surface area contributed by atoms with Gasteiger partial charge in [0.05, 0.1) is 6.61 Å². The van der Waals surface area contributed by atoms with E-state index in [0.717, 1.165) is 0 Å². The highest BCUT2D eigenvalue weighted by molar-refractivity contribution is 5.98. The summed E-state index contributed by atoms with van der Waals surface area (Å²) in [6.45, 7) is 8.27. The first-order valence-corrected chi connectivity index (χ1v) is 12.6. The van der Waals surface area contributed by atoms with Crippen molar-refractivity contribution in [2.24, 2.45) is 5.92 Å². The molecule has 0 aromatic heterocycles. The Balaban J connectivity index is 2.87. The molecule has 0 heterocycles. The lowest BCUT2D eigenvalue weighted by atomic mass is 10.0. The minimum absolute atomic E-state index is 0.00929. The molecule has 11 nitrogen and oxygen atoms in total. The average Bonchev–Trinajstić information content (AvgIpc) is 2.91. The van der Waals surface area contributed by atoms with E-state index < -0.39 is 47.7 Å². The van der Waals surface area contributed by atoms with Crippen LogP contribution >= 0.6 is 0 Å². The molecule has 4 amide bonds. The molecular formula is C28H38N4O7. The van der Waals surface area contributed by atoms with Gasteiger partial charge >= 0.3 is 5.97 Å². The Morgan fingerprint density at radius 1 is 1.00 bits per heavy atom. The minimum atomic E-state index is -1.12. The van der Waals surface area contributed by atoms with Crippen molar-refractivity contribution in [3.63, 3.8) is 0 Å². The average molecular weight is 543 g/mol. The third-order valence-electron chi connectivity index (χ3n) is 5.55. The molecule has 0 aliphatic carbocycles. The van der Waals surface area contributed by atoms with E-state index >= 15 is 0 Å². The van der Waals surface area contributed by atoms with Gasteiger partial charge in [0.1, 0.15) is 24.7 Å². The van der Waals surface area contributed by atoms with E-state index in [0.29, 0.717) is 11.3 Å². The SMILES string of the molecule is C#CCCC(=O)N[C@@H](CCC(=O)OCC=C)C(=O)NC(C(=O)N[C@@H](C)C(=O)Nc1ccc(CO)cc1)C(C)C. The number of benzene rings is 1. The van der Waals surface area contributed by atoms with Gasteiger partial charge in [-0.1, -0.05) is 38.6 Å². The van der Waals surface area contributed by atoms with Crippen LogP contribution in [0, 0.1) is 18.3 Å². The minimum Gasteiger partial charge on any atom is -0.461 e. The van der Waals surface area contributed by atoms with E-state index in [9.17, 15) is 24.0 Å². The summed E-state index contributed by atoms with van der Waals surface area (Å²) in [5, 5.41) is 19.6. The molecule has 0 fully saturated rings. The molecule has 1 unspecified atom stereocenters. The van der Waals surface area contributed by atoms with Crippen LogP contribution in [-0.4, -0.2) is 59.4 Å². The quantitative estimate of drug-likeness (QED) is 0.119. The molecule has 1 rings (SSSR count). The molecule has 1 aromatic rings. The van der Waals surface area contributed by atoms with Crippen molar-refractivity contribution in [2.45, 2.75) is 71.2 Å². The highest BCUT2D eigenvalue weighted by Crippen LogP contribution is 2.11.